The number of benzene rings is 2. The fraction of sp³-hybridized carbons (Fsp3) is 0.158. The van der Waals surface area contributed by atoms with Crippen LogP contribution in [0.4, 0.5) is 5.69 Å². The molecule has 1 aromatic heterocycles. The molecule has 7 nitrogen and oxygen atoms in total. The summed E-state index contributed by atoms with van der Waals surface area (Å²) in [4.78, 5) is 25.6. The number of amides is 1. The van der Waals surface area contributed by atoms with E-state index in [9.17, 15) is 9.59 Å². The Morgan fingerprint density at radius 1 is 1.07 bits per heavy atom. The van der Waals surface area contributed by atoms with Gasteiger partial charge in [0.25, 0.3) is 5.91 Å². The smallest absolute Gasteiger partial charge is 0.361 e. The zero-order chi connectivity index (χ0) is 19.4. The van der Waals surface area contributed by atoms with Crippen molar-refractivity contribution in [3.05, 3.63) is 70.5 Å². The van der Waals surface area contributed by atoms with Gasteiger partial charge in [0.1, 0.15) is 0 Å². The monoisotopic (exact) mass is 384 g/mol. The van der Waals surface area contributed by atoms with Crippen LogP contribution < -0.4 is 5.32 Å². The predicted octanol–water partition coefficient (Wildman–Crippen LogP) is 3.33. The van der Waals surface area contributed by atoms with Gasteiger partial charge in [-0.1, -0.05) is 35.9 Å². The third-order valence-corrected chi connectivity index (χ3v) is 4.25. The first-order valence-electron chi connectivity index (χ1n) is 8.17. The van der Waals surface area contributed by atoms with Crippen LogP contribution >= 0.6 is 11.6 Å². The average molecular weight is 385 g/mol. The molecule has 0 radical (unpaired) electrons. The van der Waals surface area contributed by atoms with Crippen molar-refractivity contribution in [2.75, 3.05) is 11.9 Å². The molecule has 3 rings (SSSR count). The zero-order valence-corrected chi connectivity index (χ0v) is 15.5. The lowest BCUT2D eigenvalue weighted by atomic mass is 10.2. The van der Waals surface area contributed by atoms with Gasteiger partial charge in [0.15, 0.2) is 12.3 Å². The molecule has 3 aromatic rings. The number of aromatic nitrogens is 3. The summed E-state index contributed by atoms with van der Waals surface area (Å²) < 4.78 is 5.06. The number of rotatable bonds is 5. The molecular formula is C19H17ClN4O3. The van der Waals surface area contributed by atoms with E-state index in [2.05, 4.69) is 15.5 Å². The van der Waals surface area contributed by atoms with Gasteiger partial charge < -0.3 is 10.1 Å². The highest BCUT2D eigenvalue weighted by molar-refractivity contribution is 6.31. The molecule has 0 saturated heterocycles. The van der Waals surface area contributed by atoms with E-state index in [-0.39, 0.29) is 5.69 Å². The lowest BCUT2D eigenvalue weighted by molar-refractivity contribution is -0.119. The minimum Gasteiger partial charge on any atom is -0.451 e. The number of nitrogens with zero attached hydrogens (tertiary/aromatic N) is 3. The zero-order valence-electron chi connectivity index (χ0n) is 14.8. The lowest BCUT2D eigenvalue weighted by Gasteiger charge is -2.09. The molecule has 8 heteroatoms. The van der Waals surface area contributed by atoms with Crippen molar-refractivity contribution in [2.45, 2.75) is 13.8 Å². The van der Waals surface area contributed by atoms with Gasteiger partial charge >= 0.3 is 5.97 Å². The fourth-order valence-electron chi connectivity index (χ4n) is 2.37. The van der Waals surface area contributed by atoms with Crippen LogP contribution in [0.2, 0.25) is 5.02 Å². The fourth-order valence-corrected chi connectivity index (χ4v) is 2.55. The third kappa shape index (κ3) is 4.32. The average Bonchev–Trinajstić information content (AvgIpc) is 3.06. The SMILES string of the molecule is Cc1nn(-c2ccccc2)nc1C(=O)OCC(=O)Nc1cccc(Cl)c1C. The number of ether oxygens (including phenoxy) is 1. The van der Waals surface area contributed by atoms with Crippen LogP contribution in [0, 0.1) is 13.8 Å². The number of halogens is 1. The van der Waals surface area contributed by atoms with Crippen LogP contribution in [0.15, 0.2) is 48.5 Å². The van der Waals surface area contributed by atoms with Crippen molar-refractivity contribution in [1.29, 1.82) is 0 Å². The molecule has 0 saturated carbocycles. The molecule has 0 atom stereocenters. The van der Waals surface area contributed by atoms with E-state index >= 15 is 0 Å². The lowest BCUT2D eigenvalue weighted by Crippen LogP contribution is -2.22. The first kappa shape index (κ1) is 18.6. The number of carbonyl (C=O) groups is 2. The van der Waals surface area contributed by atoms with E-state index in [1.165, 1.54) is 4.80 Å². The summed E-state index contributed by atoms with van der Waals surface area (Å²) >= 11 is 6.02. The molecule has 0 unspecified atom stereocenters. The minimum absolute atomic E-state index is 0.0607. The quantitative estimate of drug-likeness (QED) is 0.682. The van der Waals surface area contributed by atoms with Crippen molar-refractivity contribution in [3.8, 4) is 5.69 Å². The van der Waals surface area contributed by atoms with E-state index in [1.54, 1.807) is 32.0 Å². The molecule has 138 valence electrons. The van der Waals surface area contributed by atoms with Crippen molar-refractivity contribution < 1.29 is 14.3 Å². The number of hydrogen-bond donors (Lipinski definition) is 1. The molecule has 0 aliphatic rings. The molecule has 0 aliphatic heterocycles. The Bertz CT molecular complexity index is 986. The molecule has 2 aromatic carbocycles. The van der Waals surface area contributed by atoms with E-state index in [4.69, 9.17) is 16.3 Å². The summed E-state index contributed by atoms with van der Waals surface area (Å²) in [5.41, 5.74) is 2.49. The summed E-state index contributed by atoms with van der Waals surface area (Å²) in [5, 5.41) is 11.6. The summed E-state index contributed by atoms with van der Waals surface area (Å²) in [5.74, 6) is -1.19. The summed E-state index contributed by atoms with van der Waals surface area (Å²) in [6.07, 6.45) is 0. The van der Waals surface area contributed by atoms with Gasteiger partial charge in [0.05, 0.1) is 11.4 Å². The molecule has 1 N–H and O–H groups in total. The molecule has 1 amide bonds. The Labute approximate surface area is 160 Å². The highest BCUT2D eigenvalue weighted by Crippen LogP contribution is 2.22. The normalized spacial score (nSPS) is 10.5. The number of hydrogen-bond acceptors (Lipinski definition) is 5. The number of esters is 1. The number of aryl methyl sites for hydroxylation is 1. The number of anilines is 1. The van der Waals surface area contributed by atoms with Gasteiger partial charge in [-0.05, 0) is 43.7 Å². The van der Waals surface area contributed by atoms with E-state index < -0.39 is 18.5 Å². The van der Waals surface area contributed by atoms with Crippen LogP contribution in [0.25, 0.3) is 5.69 Å². The van der Waals surface area contributed by atoms with Gasteiger partial charge in [0, 0.05) is 10.7 Å². The van der Waals surface area contributed by atoms with Gasteiger partial charge in [-0.3, -0.25) is 4.79 Å². The summed E-state index contributed by atoms with van der Waals surface area (Å²) in [6.45, 7) is 3.00. The second-order valence-corrected chi connectivity index (χ2v) is 6.20. The number of carbonyl (C=O) groups excluding carboxylic acids is 2. The molecule has 0 aliphatic carbocycles. The minimum atomic E-state index is -0.715. The summed E-state index contributed by atoms with van der Waals surface area (Å²) in [6, 6.07) is 14.4. The van der Waals surface area contributed by atoms with Gasteiger partial charge in [-0.25, -0.2) is 4.79 Å². The van der Waals surface area contributed by atoms with Crippen LogP contribution in [0.5, 0.6) is 0 Å². The maximum absolute atomic E-state index is 12.2. The molecule has 1 heterocycles. The highest BCUT2D eigenvalue weighted by atomic mass is 35.5. The number of nitrogens with one attached hydrogen (secondary N) is 1. The Kier molecular flexibility index (Phi) is 5.52. The molecule has 0 spiro atoms. The second-order valence-electron chi connectivity index (χ2n) is 5.80. The van der Waals surface area contributed by atoms with Gasteiger partial charge in [-0.15, -0.1) is 5.10 Å². The van der Waals surface area contributed by atoms with E-state index in [0.717, 1.165) is 5.56 Å². The van der Waals surface area contributed by atoms with E-state index in [1.807, 2.05) is 30.3 Å². The topological polar surface area (TPSA) is 86.1 Å². The van der Waals surface area contributed by atoms with Crippen LogP contribution in [-0.4, -0.2) is 33.5 Å². The largest absolute Gasteiger partial charge is 0.451 e. The van der Waals surface area contributed by atoms with Crippen molar-refractivity contribution >= 4 is 29.2 Å². The maximum Gasteiger partial charge on any atom is 0.361 e. The second kappa shape index (κ2) is 8.01. The van der Waals surface area contributed by atoms with Crippen molar-refractivity contribution in [1.82, 2.24) is 15.0 Å². The van der Waals surface area contributed by atoms with Crippen molar-refractivity contribution in [3.63, 3.8) is 0 Å². The predicted molar refractivity (Wildman–Crippen MR) is 101 cm³/mol. The van der Waals surface area contributed by atoms with Crippen molar-refractivity contribution in [2.24, 2.45) is 0 Å². The Morgan fingerprint density at radius 2 is 1.81 bits per heavy atom. The van der Waals surface area contributed by atoms with Crippen LogP contribution in [0.3, 0.4) is 0 Å². The molecule has 27 heavy (non-hydrogen) atoms. The standard InChI is InChI=1S/C19H17ClN4O3/c1-12-15(20)9-6-10-16(12)21-17(25)11-27-19(26)18-13(2)22-24(23-18)14-7-4-3-5-8-14/h3-10H,11H2,1-2H3,(H,21,25). The highest BCUT2D eigenvalue weighted by Gasteiger charge is 2.19. The van der Waals surface area contributed by atoms with Crippen LogP contribution in [0.1, 0.15) is 21.7 Å². The Morgan fingerprint density at radius 3 is 2.56 bits per heavy atom. The molecule has 0 bridgehead atoms. The summed E-state index contributed by atoms with van der Waals surface area (Å²) in [7, 11) is 0. The third-order valence-electron chi connectivity index (χ3n) is 3.84. The Balaban J connectivity index is 1.63. The molecular weight excluding hydrogens is 368 g/mol. The first-order valence-corrected chi connectivity index (χ1v) is 8.55. The Hall–Kier alpha value is -3.19. The first-order chi connectivity index (χ1) is 13.0. The number of para-hydroxylation sites is 1. The maximum atomic E-state index is 12.2. The molecule has 0 fully saturated rings. The van der Waals surface area contributed by atoms with Gasteiger partial charge in [0.2, 0.25) is 0 Å². The van der Waals surface area contributed by atoms with Crippen LogP contribution in [-0.2, 0) is 9.53 Å². The van der Waals surface area contributed by atoms with Gasteiger partial charge in [-0.2, -0.15) is 9.90 Å². The van der Waals surface area contributed by atoms with E-state index in [0.29, 0.717) is 22.1 Å².